The standard InChI is InChI=1S/C20H39N3O3/c1-3-21-19(23-16-20(2)10-5-4-7-18(20)24)22-11-6-12-26-15-17-8-13-25-14-9-17/h17-18,24H,3-16H2,1-2H3,(H2,21,22,23). The fourth-order valence-corrected chi connectivity index (χ4v) is 3.71. The number of hydrogen-bond acceptors (Lipinski definition) is 4. The van der Waals surface area contributed by atoms with Crippen LogP contribution in [0.25, 0.3) is 0 Å². The SMILES string of the molecule is CCNC(=NCC1(C)CCCCC1O)NCCCOCC1CCOCC1. The van der Waals surface area contributed by atoms with Gasteiger partial charge >= 0.3 is 0 Å². The van der Waals surface area contributed by atoms with Crippen LogP contribution in [0, 0.1) is 11.3 Å². The van der Waals surface area contributed by atoms with E-state index in [-0.39, 0.29) is 11.5 Å². The van der Waals surface area contributed by atoms with E-state index in [0.717, 1.165) is 84.0 Å². The Hall–Kier alpha value is -0.850. The van der Waals surface area contributed by atoms with Gasteiger partial charge in [-0.05, 0) is 44.9 Å². The van der Waals surface area contributed by atoms with E-state index < -0.39 is 0 Å². The summed E-state index contributed by atoms with van der Waals surface area (Å²) in [6, 6.07) is 0. The predicted octanol–water partition coefficient (Wildman–Crippen LogP) is 2.32. The minimum atomic E-state index is -0.235. The number of hydrogen-bond donors (Lipinski definition) is 3. The van der Waals surface area contributed by atoms with E-state index in [2.05, 4.69) is 24.5 Å². The van der Waals surface area contributed by atoms with Crippen LogP contribution >= 0.6 is 0 Å². The third kappa shape index (κ3) is 7.41. The van der Waals surface area contributed by atoms with Gasteiger partial charge in [-0.3, -0.25) is 4.99 Å². The highest BCUT2D eigenvalue weighted by molar-refractivity contribution is 5.79. The Morgan fingerprint density at radius 1 is 1.23 bits per heavy atom. The molecule has 1 aliphatic heterocycles. The molecule has 152 valence electrons. The van der Waals surface area contributed by atoms with Crippen molar-refractivity contribution in [1.82, 2.24) is 10.6 Å². The number of aliphatic hydroxyl groups excluding tert-OH is 1. The van der Waals surface area contributed by atoms with Gasteiger partial charge in [-0.15, -0.1) is 0 Å². The highest BCUT2D eigenvalue weighted by atomic mass is 16.5. The minimum Gasteiger partial charge on any atom is -0.392 e. The maximum Gasteiger partial charge on any atom is 0.191 e. The Bertz CT molecular complexity index is 413. The van der Waals surface area contributed by atoms with E-state index >= 15 is 0 Å². The average molecular weight is 370 g/mol. The molecule has 0 amide bonds. The first kappa shape index (κ1) is 21.5. The Morgan fingerprint density at radius 2 is 2.04 bits per heavy atom. The molecule has 2 fully saturated rings. The quantitative estimate of drug-likeness (QED) is 0.330. The van der Waals surface area contributed by atoms with Crippen molar-refractivity contribution in [3.05, 3.63) is 0 Å². The zero-order valence-corrected chi connectivity index (χ0v) is 16.8. The molecule has 0 aromatic rings. The Morgan fingerprint density at radius 3 is 2.77 bits per heavy atom. The molecule has 2 rings (SSSR count). The van der Waals surface area contributed by atoms with E-state index in [9.17, 15) is 5.11 Å². The summed E-state index contributed by atoms with van der Waals surface area (Å²) in [7, 11) is 0. The molecule has 2 aliphatic rings. The second-order valence-electron chi connectivity index (χ2n) is 8.02. The van der Waals surface area contributed by atoms with Crippen LogP contribution in [-0.4, -0.2) is 63.2 Å². The van der Waals surface area contributed by atoms with Crippen molar-refractivity contribution in [3.8, 4) is 0 Å². The summed E-state index contributed by atoms with van der Waals surface area (Å²) >= 11 is 0. The maximum atomic E-state index is 10.3. The lowest BCUT2D eigenvalue weighted by Crippen LogP contribution is -2.42. The minimum absolute atomic E-state index is 0.0899. The number of ether oxygens (including phenoxy) is 2. The predicted molar refractivity (Wildman–Crippen MR) is 106 cm³/mol. The van der Waals surface area contributed by atoms with Crippen LogP contribution in [0.5, 0.6) is 0 Å². The molecule has 0 aromatic heterocycles. The maximum absolute atomic E-state index is 10.3. The van der Waals surface area contributed by atoms with Crippen LogP contribution in [0.1, 0.15) is 58.8 Å². The highest BCUT2D eigenvalue weighted by Crippen LogP contribution is 2.36. The van der Waals surface area contributed by atoms with E-state index in [0.29, 0.717) is 12.5 Å². The van der Waals surface area contributed by atoms with Crippen molar-refractivity contribution in [3.63, 3.8) is 0 Å². The third-order valence-corrected chi connectivity index (χ3v) is 5.67. The molecule has 26 heavy (non-hydrogen) atoms. The summed E-state index contributed by atoms with van der Waals surface area (Å²) < 4.78 is 11.2. The molecule has 1 aliphatic carbocycles. The fraction of sp³-hybridized carbons (Fsp3) is 0.950. The zero-order chi connectivity index (χ0) is 18.7. The molecule has 0 aromatic carbocycles. The van der Waals surface area contributed by atoms with Crippen molar-refractivity contribution in [1.29, 1.82) is 0 Å². The second-order valence-corrected chi connectivity index (χ2v) is 8.02. The summed E-state index contributed by atoms with van der Waals surface area (Å²) in [6.07, 6.45) is 7.26. The van der Waals surface area contributed by atoms with E-state index in [1.165, 1.54) is 6.42 Å². The Kier molecular flexibility index (Phi) is 9.72. The molecule has 1 saturated carbocycles. The molecule has 1 heterocycles. The van der Waals surface area contributed by atoms with Crippen LogP contribution in [0.3, 0.4) is 0 Å². The van der Waals surface area contributed by atoms with Gasteiger partial charge in [0.1, 0.15) is 0 Å². The molecule has 0 radical (unpaired) electrons. The van der Waals surface area contributed by atoms with Crippen LogP contribution in [0.2, 0.25) is 0 Å². The van der Waals surface area contributed by atoms with Crippen LogP contribution < -0.4 is 10.6 Å². The Balaban J connectivity index is 1.63. The number of rotatable bonds is 9. The summed E-state index contributed by atoms with van der Waals surface area (Å²) in [5.74, 6) is 1.51. The molecule has 0 bridgehead atoms. The molecule has 2 unspecified atom stereocenters. The van der Waals surface area contributed by atoms with E-state index in [1.807, 2.05) is 0 Å². The molecule has 3 N–H and O–H groups in total. The van der Waals surface area contributed by atoms with Gasteiger partial charge in [-0.2, -0.15) is 0 Å². The molecule has 1 saturated heterocycles. The summed E-state index contributed by atoms with van der Waals surface area (Å²) in [5.41, 5.74) is -0.0899. The topological polar surface area (TPSA) is 75.1 Å². The van der Waals surface area contributed by atoms with Crippen molar-refractivity contribution >= 4 is 5.96 Å². The lowest BCUT2D eigenvalue weighted by molar-refractivity contribution is 0.00715. The molecule has 2 atom stereocenters. The zero-order valence-electron chi connectivity index (χ0n) is 16.8. The number of guanidine groups is 1. The molecular formula is C20H39N3O3. The van der Waals surface area contributed by atoms with Gasteiger partial charge in [0.05, 0.1) is 12.6 Å². The van der Waals surface area contributed by atoms with Crippen LogP contribution in [-0.2, 0) is 9.47 Å². The first-order valence-corrected chi connectivity index (χ1v) is 10.5. The number of aliphatic hydroxyl groups is 1. The second kappa shape index (κ2) is 11.8. The molecule has 6 nitrogen and oxygen atoms in total. The Labute approximate surface area is 159 Å². The van der Waals surface area contributed by atoms with E-state index in [1.54, 1.807) is 0 Å². The summed E-state index contributed by atoms with van der Waals surface area (Å²) in [6.45, 7) is 9.98. The van der Waals surface area contributed by atoms with Gasteiger partial charge in [-0.1, -0.05) is 19.8 Å². The van der Waals surface area contributed by atoms with Crippen molar-refractivity contribution in [2.45, 2.75) is 64.9 Å². The van der Waals surface area contributed by atoms with Crippen molar-refractivity contribution in [2.75, 3.05) is 46.1 Å². The highest BCUT2D eigenvalue weighted by Gasteiger charge is 2.35. The van der Waals surface area contributed by atoms with Crippen molar-refractivity contribution < 1.29 is 14.6 Å². The third-order valence-electron chi connectivity index (χ3n) is 5.67. The smallest absolute Gasteiger partial charge is 0.191 e. The van der Waals surface area contributed by atoms with Gasteiger partial charge in [0.25, 0.3) is 0 Å². The lowest BCUT2D eigenvalue weighted by atomic mass is 9.73. The van der Waals surface area contributed by atoms with E-state index in [4.69, 9.17) is 14.5 Å². The molecule has 0 spiro atoms. The van der Waals surface area contributed by atoms with Gasteiger partial charge < -0.3 is 25.2 Å². The van der Waals surface area contributed by atoms with Gasteiger partial charge in [0, 0.05) is 44.9 Å². The van der Waals surface area contributed by atoms with Gasteiger partial charge in [0.2, 0.25) is 0 Å². The van der Waals surface area contributed by atoms with Gasteiger partial charge in [0.15, 0.2) is 5.96 Å². The largest absolute Gasteiger partial charge is 0.392 e. The number of aliphatic imine (C=N–C) groups is 1. The van der Waals surface area contributed by atoms with Crippen LogP contribution in [0.15, 0.2) is 4.99 Å². The number of nitrogens with one attached hydrogen (secondary N) is 2. The van der Waals surface area contributed by atoms with Crippen molar-refractivity contribution in [2.24, 2.45) is 16.3 Å². The first-order chi connectivity index (χ1) is 12.6. The monoisotopic (exact) mass is 369 g/mol. The molecule has 6 heteroatoms. The lowest BCUT2D eigenvalue weighted by Gasteiger charge is -2.37. The average Bonchev–Trinajstić information content (AvgIpc) is 2.66. The summed E-state index contributed by atoms with van der Waals surface area (Å²) in [4.78, 5) is 4.73. The molecular weight excluding hydrogens is 330 g/mol. The van der Waals surface area contributed by atoms with Gasteiger partial charge in [-0.25, -0.2) is 0 Å². The number of nitrogens with zero attached hydrogens (tertiary/aromatic N) is 1. The van der Waals surface area contributed by atoms with Crippen LogP contribution in [0.4, 0.5) is 0 Å². The summed E-state index contributed by atoms with van der Waals surface area (Å²) in [5, 5.41) is 17.0. The fourth-order valence-electron chi connectivity index (χ4n) is 3.71. The first-order valence-electron chi connectivity index (χ1n) is 10.5. The normalized spacial score (nSPS) is 28.1.